The van der Waals surface area contributed by atoms with Gasteiger partial charge in [0, 0.05) is 17.5 Å². The standard InChI is InChI=1S/C19H29N3O2S2/c1-7-8-12(4)20-15(23)10-25-19-21-17-16(13(5)14(6)26-17)18(24)22(19)9-11(2)3/h11-12H,7-10H2,1-6H3,(H,20,23)/t12-/m1/s1. The van der Waals surface area contributed by atoms with Gasteiger partial charge in [0.15, 0.2) is 5.16 Å². The first-order chi connectivity index (χ1) is 12.2. The minimum absolute atomic E-state index is 0.00723. The molecule has 2 rings (SSSR count). The normalized spacial score (nSPS) is 12.7. The number of thioether (sulfide) groups is 1. The molecular weight excluding hydrogens is 366 g/mol. The number of nitrogens with one attached hydrogen (secondary N) is 1. The molecule has 1 atom stereocenters. The summed E-state index contributed by atoms with van der Waals surface area (Å²) in [5.74, 6) is 0.581. The summed E-state index contributed by atoms with van der Waals surface area (Å²) in [5, 5.41) is 4.36. The summed E-state index contributed by atoms with van der Waals surface area (Å²) in [6, 6.07) is 0.170. The van der Waals surface area contributed by atoms with Gasteiger partial charge in [-0.3, -0.25) is 14.2 Å². The molecular formula is C19H29N3O2S2. The number of aryl methyl sites for hydroxylation is 2. The Morgan fingerprint density at radius 1 is 1.31 bits per heavy atom. The van der Waals surface area contributed by atoms with Gasteiger partial charge in [-0.15, -0.1) is 11.3 Å². The highest BCUT2D eigenvalue weighted by molar-refractivity contribution is 7.99. The third-order valence-electron chi connectivity index (χ3n) is 4.26. The van der Waals surface area contributed by atoms with Crippen LogP contribution >= 0.6 is 23.1 Å². The van der Waals surface area contributed by atoms with Gasteiger partial charge in [0.2, 0.25) is 5.91 Å². The molecule has 1 amide bonds. The molecule has 0 fully saturated rings. The average Bonchev–Trinajstić information content (AvgIpc) is 2.83. The smallest absolute Gasteiger partial charge is 0.263 e. The van der Waals surface area contributed by atoms with Crippen molar-refractivity contribution in [3.05, 3.63) is 20.8 Å². The minimum atomic E-state index is -0.0140. The van der Waals surface area contributed by atoms with Crippen LogP contribution in [0.25, 0.3) is 10.2 Å². The monoisotopic (exact) mass is 395 g/mol. The van der Waals surface area contributed by atoms with Crippen LogP contribution in [0.2, 0.25) is 0 Å². The lowest BCUT2D eigenvalue weighted by atomic mass is 10.2. The minimum Gasteiger partial charge on any atom is -0.353 e. The molecule has 0 radical (unpaired) electrons. The van der Waals surface area contributed by atoms with Gasteiger partial charge in [-0.25, -0.2) is 4.98 Å². The van der Waals surface area contributed by atoms with Gasteiger partial charge in [-0.05, 0) is 38.7 Å². The predicted octanol–water partition coefficient (Wildman–Crippen LogP) is 4.13. The van der Waals surface area contributed by atoms with Gasteiger partial charge in [0.1, 0.15) is 4.83 Å². The SMILES string of the molecule is CCC[C@@H](C)NC(=O)CSc1nc2sc(C)c(C)c2c(=O)n1CC(C)C. The second-order valence-electron chi connectivity index (χ2n) is 7.21. The Bertz CT molecular complexity index is 839. The third kappa shape index (κ3) is 4.88. The molecule has 144 valence electrons. The Kier molecular flexibility index (Phi) is 7.29. The first kappa shape index (κ1) is 21.0. The maximum absolute atomic E-state index is 13.0. The quantitative estimate of drug-likeness (QED) is 0.539. The second-order valence-corrected chi connectivity index (χ2v) is 9.36. The highest BCUT2D eigenvalue weighted by Gasteiger charge is 2.18. The molecule has 0 aromatic carbocycles. The number of rotatable bonds is 8. The molecule has 2 aromatic rings. The highest BCUT2D eigenvalue weighted by atomic mass is 32.2. The first-order valence-corrected chi connectivity index (χ1v) is 11.0. The number of nitrogens with zero attached hydrogens (tertiary/aromatic N) is 2. The van der Waals surface area contributed by atoms with Crippen LogP contribution in [0.3, 0.4) is 0 Å². The van der Waals surface area contributed by atoms with E-state index >= 15 is 0 Å². The number of aromatic nitrogens is 2. The predicted molar refractivity (Wildman–Crippen MR) is 111 cm³/mol. The van der Waals surface area contributed by atoms with Crippen molar-refractivity contribution in [1.29, 1.82) is 0 Å². The van der Waals surface area contributed by atoms with Crippen molar-refractivity contribution in [2.45, 2.75) is 72.1 Å². The summed E-state index contributed by atoms with van der Waals surface area (Å²) in [7, 11) is 0. The summed E-state index contributed by atoms with van der Waals surface area (Å²) < 4.78 is 1.74. The largest absolute Gasteiger partial charge is 0.353 e. The lowest BCUT2D eigenvalue weighted by Crippen LogP contribution is -2.34. The fourth-order valence-corrected chi connectivity index (χ4v) is 4.79. The number of amides is 1. The van der Waals surface area contributed by atoms with Gasteiger partial charge in [0.25, 0.3) is 5.56 Å². The zero-order valence-corrected chi connectivity index (χ0v) is 18.1. The van der Waals surface area contributed by atoms with Crippen LogP contribution in [0.4, 0.5) is 0 Å². The number of hydrogen-bond donors (Lipinski definition) is 1. The molecule has 2 aromatic heterocycles. The first-order valence-electron chi connectivity index (χ1n) is 9.17. The van der Waals surface area contributed by atoms with Crippen molar-refractivity contribution in [3.8, 4) is 0 Å². The fourth-order valence-electron chi connectivity index (χ4n) is 2.90. The molecule has 2 heterocycles. The maximum atomic E-state index is 13.0. The Balaban J connectivity index is 2.30. The number of hydrogen-bond acceptors (Lipinski definition) is 5. The molecule has 1 N–H and O–H groups in total. The summed E-state index contributed by atoms with van der Waals surface area (Å²) in [6.45, 7) is 12.9. The van der Waals surface area contributed by atoms with Crippen molar-refractivity contribution >= 4 is 39.2 Å². The van der Waals surface area contributed by atoms with Crippen LogP contribution < -0.4 is 10.9 Å². The van der Waals surface area contributed by atoms with E-state index in [1.807, 2.05) is 20.8 Å². The van der Waals surface area contributed by atoms with Gasteiger partial charge in [-0.2, -0.15) is 0 Å². The van der Waals surface area contributed by atoms with Crippen molar-refractivity contribution in [2.75, 3.05) is 5.75 Å². The van der Waals surface area contributed by atoms with E-state index in [1.165, 1.54) is 11.8 Å². The van der Waals surface area contributed by atoms with Crippen molar-refractivity contribution in [2.24, 2.45) is 5.92 Å². The van der Waals surface area contributed by atoms with Crippen LogP contribution in [0, 0.1) is 19.8 Å². The van der Waals surface area contributed by atoms with E-state index in [4.69, 9.17) is 4.98 Å². The van der Waals surface area contributed by atoms with E-state index in [9.17, 15) is 9.59 Å². The van der Waals surface area contributed by atoms with E-state index < -0.39 is 0 Å². The Morgan fingerprint density at radius 3 is 2.62 bits per heavy atom. The molecule has 7 heteroatoms. The lowest BCUT2D eigenvalue weighted by Gasteiger charge is -2.15. The van der Waals surface area contributed by atoms with Gasteiger partial charge < -0.3 is 5.32 Å². The Labute approximate surface area is 163 Å². The van der Waals surface area contributed by atoms with Crippen LogP contribution in [0.5, 0.6) is 0 Å². The molecule has 0 aliphatic heterocycles. The van der Waals surface area contributed by atoms with Crippen molar-refractivity contribution < 1.29 is 4.79 Å². The van der Waals surface area contributed by atoms with E-state index in [0.29, 0.717) is 17.6 Å². The number of carbonyl (C=O) groups is 1. The molecule has 0 unspecified atom stereocenters. The van der Waals surface area contributed by atoms with Crippen LogP contribution in [-0.4, -0.2) is 27.3 Å². The highest BCUT2D eigenvalue weighted by Crippen LogP contribution is 2.28. The number of carbonyl (C=O) groups excluding carboxylic acids is 1. The van der Waals surface area contributed by atoms with Crippen LogP contribution in [-0.2, 0) is 11.3 Å². The summed E-state index contributed by atoms with van der Waals surface area (Å²) >= 11 is 2.90. The molecule has 0 aliphatic rings. The summed E-state index contributed by atoms with van der Waals surface area (Å²) in [5.41, 5.74) is 1.02. The molecule has 0 saturated carbocycles. The Morgan fingerprint density at radius 2 is 2.00 bits per heavy atom. The van der Waals surface area contributed by atoms with Gasteiger partial charge in [-0.1, -0.05) is 39.0 Å². The zero-order chi connectivity index (χ0) is 19.4. The molecule has 0 saturated heterocycles. The molecule has 5 nitrogen and oxygen atoms in total. The molecule has 26 heavy (non-hydrogen) atoms. The zero-order valence-electron chi connectivity index (χ0n) is 16.5. The van der Waals surface area contributed by atoms with Crippen LogP contribution in [0.1, 0.15) is 51.0 Å². The Hall–Kier alpha value is -1.34. The molecule has 0 spiro atoms. The molecule has 0 aliphatic carbocycles. The van der Waals surface area contributed by atoms with E-state index in [-0.39, 0.29) is 23.3 Å². The van der Waals surface area contributed by atoms with Gasteiger partial charge in [0.05, 0.1) is 11.1 Å². The number of fused-ring (bicyclic) bond motifs is 1. The van der Waals surface area contributed by atoms with Crippen LogP contribution in [0.15, 0.2) is 9.95 Å². The van der Waals surface area contributed by atoms with E-state index in [2.05, 4.69) is 26.1 Å². The number of thiophene rings is 1. The average molecular weight is 396 g/mol. The topological polar surface area (TPSA) is 64.0 Å². The summed E-state index contributed by atoms with van der Waals surface area (Å²) in [4.78, 5) is 31.9. The van der Waals surface area contributed by atoms with Gasteiger partial charge >= 0.3 is 0 Å². The van der Waals surface area contributed by atoms with Crippen molar-refractivity contribution in [3.63, 3.8) is 0 Å². The summed E-state index contributed by atoms with van der Waals surface area (Å²) in [6.07, 6.45) is 2.00. The maximum Gasteiger partial charge on any atom is 0.263 e. The van der Waals surface area contributed by atoms with E-state index in [0.717, 1.165) is 33.5 Å². The molecule has 0 bridgehead atoms. The van der Waals surface area contributed by atoms with E-state index in [1.54, 1.807) is 15.9 Å². The van der Waals surface area contributed by atoms with Crippen molar-refractivity contribution in [1.82, 2.24) is 14.9 Å². The second kappa shape index (κ2) is 9.04. The fraction of sp³-hybridized carbons (Fsp3) is 0.632. The third-order valence-corrected chi connectivity index (χ3v) is 6.34. The lowest BCUT2D eigenvalue weighted by molar-refractivity contribution is -0.119.